The number of carbonyl (C=O) groups is 1. The highest BCUT2D eigenvalue weighted by Crippen LogP contribution is 2.32. The number of aliphatic carboxylic acids is 1. The van der Waals surface area contributed by atoms with Crippen molar-refractivity contribution in [3.05, 3.63) is 18.2 Å². The summed E-state index contributed by atoms with van der Waals surface area (Å²) >= 11 is 1.20. The second kappa shape index (κ2) is 6.82. The van der Waals surface area contributed by atoms with Crippen LogP contribution in [-0.4, -0.2) is 47.2 Å². The molecule has 0 radical (unpaired) electrons. The lowest BCUT2D eigenvalue weighted by molar-refractivity contribution is -0.133. The summed E-state index contributed by atoms with van der Waals surface area (Å²) in [5, 5.41) is 9.53. The summed E-state index contributed by atoms with van der Waals surface area (Å²) in [4.78, 5) is 15.4. The minimum absolute atomic E-state index is 0.0364. The highest BCUT2D eigenvalue weighted by molar-refractivity contribution is 7.99. The van der Waals surface area contributed by atoms with E-state index in [0.29, 0.717) is 17.5 Å². The fourth-order valence-corrected chi connectivity index (χ4v) is 3.03. The van der Waals surface area contributed by atoms with E-state index in [2.05, 4.69) is 4.98 Å². The third-order valence-corrected chi connectivity index (χ3v) is 3.98. The molecule has 0 bridgehead atoms. The summed E-state index contributed by atoms with van der Waals surface area (Å²) in [5.41, 5.74) is 1.64. The summed E-state index contributed by atoms with van der Waals surface area (Å²) in [7, 11) is 3.23. The molecule has 0 saturated carbocycles. The van der Waals surface area contributed by atoms with Gasteiger partial charge in [-0.1, -0.05) is 17.8 Å². The van der Waals surface area contributed by atoms with Gasteiger partial charge in [0.25, 0.3) is 0 Å². The van der Waals surface area contributed by atoms with E-state index in [1.165, 1.54) is 11.8 Å². The zero-order valence-electron chi connectivity index (χ0n) is 12.2. The molecule has 0 spiro atoms. The van der Waals surface area contributed by atoms with Crippen LogP contribution in [-0.2, 0) is 9.53 Å². The number of carboxylic acids is 1. The van der Waals surface area contributed by atoms with E-state index < -0.39 is 5.97 Å². The van der Waals surface area contributed by atoms with Gasteiger partial charge in [-0.05, 0) is 19.1 Å². The molecule has 0 fully saturated rings. The minimum Gasteiger partial charge on any atom is -0.494 e. The molecule has 0 aliphatic carbocycles. The zero-order chi connectivity index (χ0) is 15.4. The van der Waals surface area contributed by atoms with Crippen molar-refractivity contribution in [2.75, 3.05) is 26.6 Å². The van der Waals surface area contributed by atoms with Crippen LogP contribution < -0.4 is 4.74 Å². The Labute approximate surface area is 127 Å². The van der Waals surface area contributed by atoms with Crippen molar-refractivity contribution < 1.29 is 19.4 Å². The van der Waals surface area contributed by atoms with Crippen molar-refractivity contribution in [2.45, 2.75) is 18.1 Å². The van der Waals surface area contributed by atoms with Gasteiger partial charge in [0.05, 0.1) is 31.0 Å². The van der Waals surface area contributed by atoms with Crippen molar-refractivity contribution in [1.29, 1.82) is 0 Å². The number of hydrogen-bond donors (Lipinski definition) is 1. The number of benzene rings is 1. The van der Waals surface area contributed by atoms with Crippen LogP contribution in [0.5, 0.6) is 5.75 Å². The molecule has 114 valence electrons. The predicted molar refractivity (Wildman–Crippen MR) is 81.2 cm³/mol. The van der Waals surface area contributed by atoms with Gasteiger partial charge < -0.3 is 19.1 Å². The first-order valence-corrected chi connectivity index (χ1v) is 7.45. The first-order valence-electron chi connectivity index (χ1n) is 6.47. The van der Waals surface area contributed by atoms with Gasteiger partial charge in [-0.25, -0.2) is 4.98 Å². The average Bonchev–Trinajstić information content (AvgIpc) is 2.83. The van der Waals surface area contributed by atoms with Crippen LogP contribution in [0, 0.1) is 0 Å². The Hall–Kier alpha value is -1.73. The van der Waals surface area contributed by atoms with Crippen LogP contribution in [0.25, 0.3) is 11.0 Å². The SMILES string of the molecule is COCC(C)n1c(SCC(=O)O)nc2c(OC)cccc21. The summed E-state index contributed by atoms with van der Waals surface area (Å²) in [6.45, 7) is 2.53. The highest BCUT2D eigenvalue weighted by Gasteiger charge is 2.19. The van der Waals surface area contributed by atoms with Crippen LogP contribution in [0.1, 0.15) is 13.0 Å². The lowest BCUT2D eigenvalue weighted by atomic mass is 10.2. The maximum Gasteiger partial charge on any atom is 0.313 e. The molecular formula is C14H18N2O4S. The van der Waals surface area contributed by atoms with Gasteiger partial charge in [0.1, 0.15) is 11.3 Å². The van der Waals surface area contributed by atoms with Crippen molar-refractivity contribution in [1.82, 2.24) is 9.55 Å². The van der Waals surface area contributed by atoms with Crippen LogP contribution in [0.4, 0.5) is 0 Å². The fraction of sp³-hybridized carbons (Fsp3) is 0.429. The molecule has 0 amide bonds. The molecular weight excluding hydrogens is 292 g/mol. The molecule has 21 heavy (non-hydrogen) atoms. The van der Waals surface area contributed by atoms with Crippen LogP contribution >= 0.6 is 11.8 Å². The van der Waals surface area contributed by atoms with Crippen LogP contribution in [0.15, 0.2) is 23.4 Å². The summed E-state index contributed by atoms with van der Waals surface area (Å²) in [6.07, 6.45) is 0. The first kappa shape index (κ1) is 15.7. The molecule has 1 atom stereocenters. The number of rotatable bonds is 7. The number of imidazole rings is 1. The fourth-order valence-electron chi connectivity index (χ4n) is 2.20. The van der Waals surface area contributed by atoms with Gasteiger partial charge in [0.2, 0.25) is 0 Å². The lowest BCUT2D eigenvalue weighted by Crippen LogP contribution is -2.12. The van der Waals surface area contributed by atoms with E-state index >= 15 is 0 Å². The number of ether oxygens (including phenoxy) is 2. The second-order valence-electron chi connectivity index (χ2n) is 4.58. The van der Waals surface area contributed by atoms with Gasteiger partial charge in [0, 0.05) is 7.11 Å². The van der Waals surface area contributed by atoms with Crippen molar-refractivity contribution >= 4 is 28.8 Å². The number of thioether (sulfide) groups is 1. The quantitative estimate of drug-likeness (QED) is 0.792. The Morgan fingerprint density at radius 2 is 2.24 bits per heavy atom. The number of carboxylic acid groups (broad SMARTS) is 1. The number of methoxy groups -OCH3 is 2. The predicted octanol–water partition coefficient (Wildman–Crippen LogP) is 2.43. The average molecular weight is 310 g/mol. The molecule has 0 aliphatic rings. The number of nitrogens with zero attached hydrogens (tertiary/aromatic N) is 2. The molecule has 2 aromatic rings. The molecule has 0 aliphatic heterocycles. The Balaban J connectivity index is 2.53. The number of fused-ring (bicyclic) bond motifs is 1. The van der Waals surface area contributed by atoms with E-state index in [1.807, 2.05) is 29.7 Å². The smallest absolute Gasteiger partial charge is 0.313 e. The van der Waals surface area contributed by atoms with Crippen molar-refractivity contribution in [2.24, 2.45) is 0 Å². The summed E-state index contributed by atoms with van der Waals surface area (Å²) in [6, 6.07) is 5.72. The molecule has 1 aromatic carbocycles. The molecule has 7 heteroatoms. The normalized spacial score (nSPS) is 12.5. The maximum absolute atomic E-state index is 10.8. The summed E-state index contributed by atoms with van der Waals surface area (Å²) in [5.74, 6) is -0.233. The molecule has 0 saturated heterocycles. The van der Waals surface area contributed by atoms with Gasteiger partial charge in [0.15, 0.2) is 5.16 Å². The highest BCUT2D eigenvalue weighted by atomic mass is 32.2. The maximum atomic E-state index is 10.8. The largest absolute Gasteiger partial charge is 0.494 e. The van der Waals surface area contributed by atoms with Crippen molar-refractivity contribution in [3.8, 4) is 5.75 Å². The molecule has 2 rings (SSSR count). The monoisotopic (exact) mass is 310 g/mol. The van der Waals surface area contributed by atoms with Gasteiger partial charge >= 0.3 is 5.97 Å². The van der Waals surface area contributed by atoms with E-state index in [9.17, 15) is 4.79 Å². The Bertz CT molecular complexity index is 641. The molecule has 1 N–H and O–H groups in total. The Morgan fingerprint density at radius 3 is 2.86 bits per heavy atom. The molecule has 6 nitrogen and oxygen atoms in total. The third-order valence-electron chi connectivity index (χ3n) is 3.04. The van der Waals surface area contributed by atoms with Gasteiger partial charge in [-0.3, -0.25) is 4.79 Å². The van der Waals surface area contributed by atoms with E-state index in [0.717, 1.165) is 11.0 Å². The Kier molecular flexibility index (Phi) is 5.08. The summed E-state index contributed by atoms with van der Waals surface area (Å²) < 4.78 is 12.5. The molecule has 1 unspecified atom stereocenters. The number of para-hydroxylation sites is 1. The molecule has 1 aromatic heterocycles. The van der Waals surface area contributed by atoms with Gasteiger partial charge in [-0.15, -0.1) is 0 Å². The standard InChI is InChI=1S/C14H18N2O4S/c1-9(7-19-2)16-10-5-4-6-11(20-3)13(10)15-14(16)21-8-12(17)18/h4-6,9H,7-8H2,1-3H3,(H,17,18). The van der Waals surface area contributed by atoms with Gasteiger partial charge in [-0.2, -0.15) is 0 Å². The lowest BCUT2D eigenvalue weighted by Gasteiger charge is -2.16. The van der Waals surface area contributed by atoms with Crippen molar-refractivity contribution in [3.63, 3.8) is 0 Å². The van der Waals surface area contributed by atoms with Crippen LogP contribution in [0.3, 0.4) is 0 Å². The third kappa shape index (κ3) is 3.30. The second-order valence-corrected chi connectivity index (χ2v) is 5.52. The first-order chi connectivity index (χ1) is 10.1. The molecule has 1 heterocycles. The van der Waals surface area contributed by atoms with Crippen LogP contribution in [0.2, 0.25) is 0 Å². The minimum atomic E-state index is -0.870. The Morgan fingerprint density at radius 1 is 1.48 bits per heavy atom. The van der Waals surface area contributed by atoms with E-state index in [4.69, 9.17) is 14.6 Å². The topological polar surface area (TPSA) is 73.6 Å². The number of aromatic nitrogens is 2. The number of hydrogen-bond acceptors (Lipinski definition) is 5. The van der Waals surface area contributed by atoms with E-state index in [1.54, 1.807) is 14.2 Å². The van der Waals surface area contributed by atoms with E-state index in [-0.39, 0.29) is 11.8 Å². The zero-order valence-corrected chi connectivity index (χ0v) is 13.0.